The second-order valence-electron chi connectivity index (χ2n) is 6.29. The Morgan fingerprint density at radius 1 is 1.30 bits per heavy atom. The highest BCUT2D eigenvalue weighted by Crippen LogP contribution is 2.47. The number of Topliss-reactive ketones (excluding diaryl/α,β-unsaturated/α-hetero) is 2. The van der Waals surface area contributed by atoms with Crippen LogP contribution in [0.3, 0.4) is 0 Å². The van der Waals surface area contributed by atoms with Crippen molar-refractivity contribution in [2.45, 2.75) is 38.7 Å². The van der Waals surface area contributed by atoms with E-state index in [-0.39, 0.29) is 29.3 Å². The van der Waals surface area contributed by atoms with E-state index in [9.17, 15) is 19.8 Å². The van der Waals surface area contributed by atoms with Crippen molar-refractivity contribution >= 4 is 11.6 Å². The molecule has 1 aromatic carbocycles. The number of methoxy groups -OCH3 is 1. The highest BCUT2D eigenvalue weighted by Gasteiger charge is 2.49. The molecular formula is C18H22O5. The summed E-state index contributed by atoms with van der Waals surface area (Å²) in [5.74, 6) is -1.63. The molecule has 3 atom stereocenters. The summed E-state index contributed by atoms with van der Waals surface area (Å²) in [7, 11) is 1.53. The van der Waals surface area contributed by atoms with Crippen molar-refractivity contribution in [1.29, 1.82) is 0 Å². The van der Waals surface area contributed by atoms with Crippen molar-refractivity contribution < 1.29 is 24.5 Å². The number of ketones is 2. The molecular weight excluding hydrogens is 296 g/mol. The molecule has 1 aliphatic rings. The standard InChI is InChI=1S/C18H22O5/c1-10(19)15-14(21)9-18(3,22)17(11(2)20)16(15)12-6-5-7-13(8-12)23-4/h5-8,16-17,21-22H,9H2,1-4H3/t16-,17-,18-/m0/s1. The predicted molar refractivity (Wildman–Crippen MR) is 85.5 cm³/mol. The Balaban J connectivity index is 2.70. The number of allylic oxidation sites excluding steroid dienone is 1. The van der Waals surface area contributed by atoms with Crippen LogP contribution < -0.4 is 4.74 Å². The number of carbonyl (C=O) groups excluding carboxylic acids is 2. The van der Waals surface area contributed by atoms with Gasteiger partial charge in [-0.05, 0) is 38.5 Å². The molecule has 124 valence electrons. The predicted octanol–water partition coefficient (Wildman–Crippen LogP) is 2.54. The maximum atomic E-state index is 12.2. The van der Waals surface area contributed by atoms with E-state index < -0.39 is 17.4 Å². The lowest BCUT2D eigenvalue weighted by Gasteiger charge is -2.42. The highest BCUT2D eigenvalue weighted by atomic mass is 16.5. The number of rotatable bonds is 4. The Hall–Kier alpha value is -2.14. The Bertz CT molecular complexity index is 672. The topological polar surface area (TPSA) is 83.8 Å². The molecule has 23 heavy (non-hydrogen) atoms. The van der Waals surface area contributed by atoms with Crippen molar-refractivity contribution in [2.24, 2.45) is 5.92 Å². The van der Waals surface area contributed by atoms with E-state index >= 15 is 0 Å². The minimum Gasteiger partial charge on any atom is -0.512 e. The minimum absolute atomic E-state index is 0.118. The van der Waals surface area contributed by atoms with Crippen molar-refractivity contribution in [2.75, 3.05) is 7.11 Å². The van der Waals surface area contributed by atoms with Gasteiger partial charge in [0.05, 0.1) is 18.6 Å². The van der Waals surface area contributed by atoms with Crippen LogP contribution in [0, 0.1) is 5.92 Å². The fourth-order valence-corrected chi connectivity index (χ4v) is 3.54. The lowest BCUT2D eigenvalue weighted by atomic mass is 9.64. The van der Waals surface area contributed by atoms with Gasteiger partial charge in [0.15, 0.2) is 5.78 Å². The molecule has 0 fully saturated rings. The van der Waals surface area contributed by atoms with Gasteiger partial charge in [0, 0.05) is 17.9 Å². The van der Waals surface area contributed by atoms with Crippen LogP contribution in [-0.2, 0) is 9.59 Å². The van der Waals surface area contributed by atoms with Crippen molar-refractivity contribution in [1.82, 2.24) is 0 Å². The van der Waals surface area contributed by atoms with Crippen molar-refractivity contribution in [3.63, 3.8) is 0 Å². The molecule has 0 amide bonds. The molecule has 0 aromatic heterocycles. The minimum atomic E-state index is -1.43. The second-order valence-corrected chi connectivity index (χ2v) is 6.29. The molecule has 5 nitrogen and oxygen atoms in total. The van der Waals surface area contributed by atoms with Gasteiger partial charge >= 0.3 is 0 Å². The van der Waals surface area contributed by atoms with Crippen molar-refractivity contribution in [3.8, 4) is 5.75 Å². The van der Waals surface area contributed by atoms with E-state index in [0.29, 0.717) is 11.3 Å². The van der Waals surface area contributed by atoms with Crippen LogP contribution in [0.5, 0.6) is 5.75 Å². The monoisotopic (exact) mass is 318 g/mol. The number of aliphatic hydroxyl groups is 2. The molecule has 0 spiro atoms. The van der Waals surface area contributed by atoms with Gasteiger partial charge in [-0.25, -0.2) is 0 Å². The summed E-state index contributed by atoms with van der Waals surface area (Å²) < 4.78 is 5.21. The first-order valence-electron chi connectivity index (χ1n) is 7.48. The summed E-state index contributed by atoms with van der Waals surface area (Å²) in [6.45, 7) is 4.27. The summed E-state index contributed by atoms with van der Waals surface area (Å²) in [6, 6.07) is 6.99. The number of hydrogen-bond donors (Lipinski definition) is 2. The fraction of sp³-hybridized carbons (Fsp3) is 0.444. The highest BCUT2D eigenvalue weighted by molar-refractivity contribution is 5.97. The van der Waals surface area contributed by atoms with E-state index in [0.717, 1.165) is 0 Å². The van der Waals surface area contributed by atoms with Crippen LogP contribution in [0.1, 0.15) is 38.7 Å². The summed E-state index contributed by atoms with van der Waals surface area (Å²) in [5.41, 5.74) is -0.589. The first kappa shape index (κ1) is 17.2. The zero-order valence-electron chi connectivity index (χ0n) is 13.8. The molecule has 0 radical (unpaired) electrons. The first-order chi connectivity index (χ1) is 10.7. The summed E-state index contributed by atoms with van der Waals surface area (Å²) in [6.07, 6.45) is -0.118. The van der Waals surface area contributed by atoms with Crippen LogP contribution in [0.15, 0.2) is 35.6 Å². The Morgan fingerprint density at radius 3 is 2.48 bits per heavy atom. The maximum absolute atomic E-state index is 12.2. The summed E-state index contributed by atoms with van der Waals surface area (Å²) >= 11 is 0. The number of benzene rings is 1. The molecule has 1 aromatic rings. The number of carbonyl (C=O) groups is 2. The Kier molecular flexibility index (Phi) is 4.61. The van der Waals surface area contributed by atoms with E-state index in [2.05, 4.69) is 0 Å². The lowest BCUT2D eigenvalue weighted by Crippen LogP contribution is -2.47. The first-order valence-corrected chi connectivity index (χ1v) is 7.48. The van der Waals surface area contributed by atoms with Gasteiger partial charge in [-0.1, -0.05) is 12.1 Å². The van der Waals surface area contributed by atoms with Crippen LogP contribution >= 0.6 is 0 Å². The third-order valence-corrected chi connectivity index (χ3v) is 4.42. The average molecular weight is 318 g/mol. The third kappa shape index (κ3) is 3.15. The smallest absolute Gasteiger partial charge is 0.159 e. The van der Waals surface area contributed by atoms with Crippen LogP contribution in [0.25, 0.3) is 0 Å². The molecule has 2 rings (SSSR count). The molecule has 1 aliphatic carbocycles. The zero-order valence-corrected chi connectivity index (χ0v) is 13.8. The third-order valence-electron chi connectivity index (χ3n) is 4.42. The summed E-state index contributed by atoms with van der Waals surface area (Å²) in [5, 5.41) is 21.0. The van der Waals surface area contributed by atoms with Gasteiger partial charge in [-0.3, -0.25) is 9.59 Å². The molecule has 0 saturated heterocycles. The van der Waals surface area contributed by atoms with Gasteiger partial charge in [0.1, 0.15) is 17.3 Å². The van der Waals surface area contributed by atoms with Crippen molar-refractivity contribution in [3.05, 3.63) is 41.2 Å². The van der Waals surface area contributed by atoms with E-state index in [1.165, 1.54) is 27.9 Å². The van der Waals surface area contributed by atoms with E-state index in [1.807, 2.05) is 0 Å². The second kappa shape index (κ2) is 6.16. The summed E-state index contributed by atoms with van der Waals surface area (Å²) in [4.78, 5) is 24.3. The molecule has 0 bridgehead atoms. The van der Waals surface area contributed by atoms with Gasteiger partial charge in [-0.15, -0.1) is 0 Å². The molecule has 2 N–H and O–H groups in total. The number of hydrogen-bond acceptors (Lipinski definition) is 5. The molecule has 0 unspecified atom stereocenters. The van der Waals surface area contributed by atoms with Crippen LogP contribution in [-0.4, -0.2) is 34.5 Å². The number of aliphatic hydroxyl groups excluding tert-OH is 1. The largest absolute Gasteiger partial charge is 0.512 e. The zero-order chi connectivity index (χ0) is 17.4. The maximum Gasteiger partial charge on any atom is 0.159 e. The molecule has 5 heteroatoms. The van der Waals surface area contributed by atoms with Crippen LogP contribution in [0.2, 0.25) is 0 Å². The van der Waals surface area contributed by atoms with Crippen LogP contribution in [0.4, 0.5) is 0 Å². The van der Waals surface area contributed by atoms with Gasteiger partial charge in [-0.2, -0.15) is 0 Å². The Morgan fingerprint density at radius 2 is 1.96 bits per heavy atom. The van der Waals surface area contributed by atoms with Gasteiger partial charge < -0.3 is 14.9 Å². The molecule has 0 aliphatic heterocycles. The normalized spacial score (nSPS) is 27.7. The van der Waals surface area contributed by atoms with Gasteiger partial charge in [0.25, 0.3) is 0 Å². The quantitative estimate of drug-likeness (QED) is 0.891. The fourth-order valence-electron chi connectivity index (χ4n) is 3.54. The molecule has 0 saturated carbocycles. The number of ether oxygens (including phenoxy) is 1. The lowest BCUT2D eigenvalue weighted by molar-refractivity contribution is -0.132. The molecule has 0 heterocycles. The Labute approximate surface area is 135 Å². The van der Waals surface area contributed by atoms with E-state index in [1.54, 1.807) is 24.3 Å². The van der Waals surface area contributed by atoms with E-state index in [4.69, 9.17) is 4.74 Å². The SMILES string of the molecule is COc1cccc([C@H]2C(C(C)=O)=C(O)C[C@](C)(O)[C@H]2C(C)=O)c1. The average Bonchev–Trinajstić information content (AvgIpc) is 2.44. The van der Waals surface area contributed by atoms with Gasteiger partial charge in [0.2, 0.25) is 0 Å².